The van der Waals surface area contributed by atoms with E-state index in [1.807, 2.05) is 42.5 Å². The number of ether oxygens (including phenoxy) is 1. The summed E-state index contributed by atoms with van der Waals surface area (Å²) in [5.41, 5.74) is 3.35. The van der Waals surface area contributed by atoms with Crippen LogP contribution in [0.25, 0.3) is 21.5 Å². The maximum absolute atomic E-state index is 9.99. The normalized spacial score (nSPS) is 13.1. The lowest BCUT2D eigenvalue weighted by atomic mass is 9.78. The molecule has 3 nitrogen and oxygen atoms in total. The third-order valence-corrected chi connectivity index (χ3v) is 5.94. The fraction of sp³-hybridized carbons (Fsp3) is 0.0370. The first-order valence-corrected chi connectivity index (χ1v) is 9.93. The highest BCUT2D eigenvalue weighted by molar-refractivity contribution is 5.95. The molecular weight excluding hydrogens is 372 g/mol. The molecule has 0 saturated carbocycles. The van der Waals surface area contributed by atoms with Crippen molar-refractivity contribution in [2.75, 3.05) is 0 Å². The Morgan fingerprint density at radius 2 is 1.10 bits per heavy atom. The molecule has 0 amide bonds. The Bertz CT molecular complexity index is 1350. The van der Waals surface area contributed by atoms with Crippen molar-refractivity contribution in [3.63, 3.8) is 0 Å². The third kappa shape index (κ3) is 2.45. The van der Waals surface area contributed by atoms with E-state index in [2.05, 4.69) is 24.3 Å². The summed E-state index contributed by atoms with van der Waals surface area (Å²) in [6, 6.07) is 29.3. The Kier molecular flexibility index (Phi) is 3.53. The van der Waals surface area contributed by atoms with E-state index in [1.54, 1.807) is 24.3 Å². The van der Waals surface area contributed by atoms with E-state index in [9.17, 15) is 10.2 Å². The third-order valence-electron chi connectivity index (χ3n) is 5.94. The summed E-state index contributed by atoms with van der Waals surface area (Å²) >= 11 is 0. The molecule has 0 unspecified atom stereocenters. The van der Waals surface area contributed by atoms with Crippen LogP contribution in [0.15, 0.2) is 91.0 Å². The molecule has 6 rings (SSSR count). The van der Waals surface area contributed by atoms with Crippen LogP contribution in [0.3, 0.4) is 0 Å². The minimum Gasteiger partial charge on any atom is -0.508 e. The lowest BCUT2D eigenvalue weighted by Crippen LogP contribution is -2.13. The van der Waals surface area contributed by atoms with E-state index >= 15 is 0 Å². The highest BCUT2D eigenvalue weighted by atomic mass is 16.5. The number of phenols is 2. The van der Waals surface area contributed by atoms with Crippen molar-refractivity contribution in [3.05, 3.63) is 108 Å². The minimum absolute atomic E-state index is 0.0357. The van der Waals surface area contributed by atoms with Crippen LogP contribution in [0.2, 0.25) is 0 Å². The SMILES string of the molecule is Oc1ccc2c3c(ccc2c1)Oc1ccc2cc(O)ccc2c1C3c1ccccc1. The quantitative estimate of drug-likeness (QED) is 0.329. The number of phenolic OH excluding ortho intramolecular Hbond substituents is 2. The fourth-order valence-corrected chi connectivity index (χ4v) is 4.66. The summed E-state index contributed by atoms with van der Waals surface area (Å²) in [6.07, 6.45) is 0. The Balaban J connectivity index is 1.74. The average Bonchev–Trinajstić information content (AvgIpc) is 2.77. The molecular formula is C27H18O3. The van der Waals surface area contributed by atoms with E-state index in [4.69, 9.17) is 4.74 Å². The molecule has 0 radical (unpaired) electrons. The van der Waals surface area contributed by atoms with Crippen molar-refractivity contribution < 1.29 is 14.9 Å². The number of aromatic hydroxyl groups is 2. The smallest absolute Gasteiger partial charge is 0.132 e. The predicted molar refractivity (Wildman–Crippen MR) is 119 cm³/mol. The van der Waals surface area contributed by atoms with E-state index in [0.717, 1.165) is 44.2 Å². The van der Waals surface area contributed by atoms with E-state index in [0.29, 0.717) is 0 Å². The van der Waals surface area contributed by atoms with Crippen LogP contribution >= 0.6 is 0 Å². The molecule has 1 heterocycles. The molecule has 3 heteroatoms. The van der Waals surface area contributed by atoms with E-state index in [-0.39, 0.29) is 17.4 Å². The predicted octanol–water partition coefficient (Wildman–Crippen LogP) is 6.69. The number of hydrogen-bond acceptors (Lipinski definition) is 3. The molecule has 5 aromatic rings. The van der Waals surface area contributed by atoms with Crippen molar-refractivity contribution in [1.82, 2.24) is 0 Å². The number of fused-ring (bicyclic) bond motifs is 6. The molecule has 0 saturated heterocycles. The Hall–Kier alpha value is -3.98. The van der Waals surface area contributed by atoms with Gasteiger partial charge in [-0.25, -0.2) is 0 Å². The molecule has 2 N–H and O–H groups in total. The second kappa shape index (κ2) is 6.26. The van der Waals surface area contributed by atoms with Gasteiger partial charge in [-0.2, -0.15) is 0 Å². The largest absolute Gasteiger partial charge is 0.508 e. The van der Waals surface area contributed by atoms with Crippen molar-refractivity contribution >= 4 is 21.5 Å². The fourth-order valence-electron chi connectivity index (χ4n) is 4.66. The first-order chi connectivity index (χ1) is 14.7. The van der Waals surface area contributed by atoms with Gasteiger partial charge in [0.25, 0.3) is 0 Å². The molecule has 0 aliphatic carbocycles. The molecule has 0 atom stereocenters. The maximum Gasteiger partial charge on any atom is 0.132 e. The van der Waals surface area contributed by atoms with Crippen LogP contribution in [0, 0.1) is 0 Å². The summed E-state index contributed by atoms with van der Waals surface area (Å²) in [6.45, 7) is 0. The van der Waals surface area contributed by atoms with Crippen LogP contribution in [-0.2, 0) is 0 Å². The van der Waals surface area contributed by atoms with Gasteiger partial charge < -0.3 is 14.9 Å². The maximum atomic E-state index is 9.99. The van der Waals surface area contributed by atoms with Gasteiger partial charge in [0.1, 0.15) is 23.0 Å². The minimum atomic E-state index is -0.0357. The van der Waals surface area contributed by atoms with Crippen molar-refractivity contribution in [2.45, 2.75) is 5.92 Å². The molecule has 0 bridgehead atoms. The number of hydrogen-bond donors (Lipinski definition) is 2. The summed E-state index contributed by atoms with van der Waals surface area (Å²) in [4.78, 5) is 0. The molecule has 1 aliphatic heterocycles. The van der Waals surface area contributed by atoms with Gasteiger partial charge in [0.2, 0.25) is 0 Å². The lowest BCUT2D eigenvalue weighted by molar-refractivity contribution is 0.455. The monoisotopic (exact) mass is 390 g/mol. The van der Waals surface area contributed by atoms with Crippen LogP contribution in [-0.4, -0.2) is 10.2 Å². The summed E-state index contributed by atoms with van der Waals surface area (Å²) in [7, 11) is 0. The second-order valence-corrected chi connectivity index (χ2v) is 7.71. The second-order valence-electron chi connectivity index (χ2n) is 7.71. The zero-order chi connectivity index (χ0) is 20.2. The number of rotatable bonds is 1. The van der Waals surface area contributed by atoms with Gasteiger partial charge in [0.15, 0.2) is 0 Å². The molecule has 144 valence electrons. The Morgan fingerprint density at radius 1 is 0.567 bits per heavy atom. The summed E-state index contributed by atoms with van der Waals surface area (Å²) in [5.74, 6) is 2.11. The van der Waals surface area contributed by atoms with E-state index in [1.165, 1.54) is 5.56 Å². The van der Waals surface area contributed by atoms with Crippen molar-refractivity contribution in [1.29, 1.82) is 0 Å². The average molecular weight is 390 g/mol. The topological polar surface area (TPSA) is 49.7 Å². The standard InChI is InChI=1S/C27H18O3/c28-19-8-10-21-17(14-19)6-12-23-26(21)25(16-4-2-1-3-5-16)27-22-11-9-20(29)15-18(22)7-13-24(27)30-23/h1-15,25,28-29H. The van der Waals surface area contributed by atoms with Gasteiger partial charge in [-0.1, -0.05) is 54.6 Å². The molecule has 5 aromatic carbocycles. The molecule has 1 aliphatic rings. The zero-order valence-electron chi connectivity index (χ0n) is 16.0. The van der Waals surface area contributed by atoms with Gasteiger partial charge in [0.05, 0.1) is 0 Å². The summed E-state index contributed by atoms with van der Waals surface area (Å²) in [5, 5.41) is 24.0. The zero-order valence-corrected chi connectivity index (χ0v) is 16.0. The van der Waals surface area contributed by atoms with Crippen LogP contribution in [0.4, 0.5) is 0 Å². The Labute approximate surface area is 173 Å². The molecule has 0 aromatic heterocycles. The first kappa shape index (κ1) is 16.9. The molecule has 0 spiro atoms. The lowest BCUT2D eigenvalue weighted by Gasteiger charge is -2.31. The Morgan fingerprint density at radius 3 is 1.63 bits per heavy atom. The highest BCUT2D eigenvalue weighted by Crippen LogP contribution is 2.52. The van der Waals surface area contributed by atoms with Crippen LogP contribution in [0.5, 0.6) is 23.0 Å². The van der Waals surface area contributed by atoms with Gasteiger partial charge in [-0.3, -0.25) is 0 Å². The van der Waals surface area contributed by atoms with Gasteiger partial charge in [-0.05, 0) is 63.5 Å². The van der Waals surface area contributed by atoms with Gasteiger partial charge in [-0.15, -0.1) is 0 Å². The van der Waals surface area contributed by atoms with Crippen LogP contribution < -0.4 is 4.74 Å². The highest BCUT2D eigenvalue weighted by Gasteiger charge is 2.32. The van der Waals surface area contributed by atoms with Crippen molar-refractivity contribution in [2.24, 2.45) is 0 Å². The summed E-state index contributed by atoms with van der Waals surface area (Å²) < 4.78 is 6.38. The van der Waals surface area contributed by atoms with Gasteiger partial charge in [0, 0.05) is 17.0 Å². The van der Waals surface area contributed by atoms with Gasteiger partial charge >= 0.3 is 0 Å². The molecule has 0 fully saturated rings. The van der Waals surface area contributed by atoms with Crippen LogP contribution in [0.1, 0.15) is 22.6 Å². The van der Waals surface area contributed by atoms with Crippen molar-refractivity contribution in [3.8, 4) is 23.0 Å². The first-order valence-electron chi connectivity index (χ1n) is 9.93. The molecule has 30 heavy (non-hydrogen) atoms. The van der Waals surface area contributed by atoms with E-state index < -0.39 is 0 Å². The number of benzene rings is 5.